The molecule has 0 spiro atoms. The summed E-state index contributed by atoms with van der Waals surface area (Å²) in [5, 5.41) is 9.54. The van der Waals surface area contributed by atoms with E-state index in [2.05, 4.69) is 21.8 Å². The van der Waals surface area contributed by atoms with Crippen molar-refractivity contribution in [2.24, 2.45) is 0 Å². The molecule has 1 aromatic carbocycles. The van der Waals surface area contributed by atoms with Crippen LogP contribution in [-0.4, -0.2) is 22.1 Å². The molecule has 0 unspecified atom stereocenters. The van der Waals surface area contributed by atoms with Crippen molar-refractivity contribution in [2.75, 3.05) is 11.9 Å². The van der Waals surface area contributed by atoms with Gasteiger partial charge in [-0.15, -0.1) is 0 Å². The van der Waals surface area contributed by atoms with Crippen LogP contribution in [0.5, 0.6) is 5.75 Å². The Bertz CT molecular complexity index is 584. The van der Waals surface area contributed by atoms with Gasteiger partial charge in [0.1, 0.15) is 17.4 Å². The third kappa shape index (κ3) is 3.47. The summed E-state index contributed by atoms with van der Waals surface area (Å²) >= 11 is 0. The number of phenols is 1. The molecule has 0 amide bonds. The number of hydrogen-bond donors (Lipinski definition) is 1. The van der Waals surface area contributed by atoms with Gasteiger partial charge in [-0.2, -0.15) is 0 Å². The Kier molecular flexibility index (Phi) is 4.56. The van der Waals surface area contributed by atoms with Gasteiger partial charge in [0.15, 0.2) is 0 Å². The number of anilines is 1. The average molecular weight is 271 g/mol. The van der Waals surface area contributed by atoms with E-state index in [-0.39, 0.29) is 0 Å². The van der Waals surface area contributed by atoms with Gasteiger partial charge in [0, 0.05) is 25.4 Å². The molecule has 20 heavy (non-hydrogen) atoms. The molecule has 1 aromatic heterocycles. The number of phenolic OH excluding ortho intramolecular Hbond substituents is 1. The van der Waals surface area contributed by atoms with Gasteiger partial charge in [0.2, 0.25) is 0 Å². The van der Waals surface area contributed by atoms with Gasteiger partial charge in [0.05, 0.1) is 0 Å². The van der Waals surface area contributed by atoms with Crippen LogP contribution in [0.4, 0.5) is 5.82 Å². The van der Waals surface area contributed by atoms with E-state index in [1.807, 2.05) is 32.3 Å². The number of rotatable bonds is 5. The fraction of sp³-hybridized carbons (Fsp3) is 0.375. The number of benzene rings is 1. The largest absolute Gasteiger partial charge is 0.508 e. The van der Waals surface area contributed by atoms with Crippen molar-refractivity contribution < 1.29 is 5.11 Å². The summed E-state index contributed by atoms with van der Waals surface area (Å²) in [5.74, 6) is 2.05. The third-order valence-corrected chi connectivity index (χ3v) is 3.17. The van der Waals surface area contributed by atoms with Gasteiger partial charge in [-0.3, -0.25) is 0 Å². The molecule has 2 aromatic rings. The average Bonchev–Trinajstić information content (AvgIpc) is 2.41. The first-order valence-electron chi connectivity index (χ1n) is 6.91. The summed E-state index contributed by atoms with van der Waals surface area (Å²) in [6.07, 6.45) is 3.96. The monoisotopic (exact) mass is 271 g/mol. The smallest absolute Gasteiger partial charge is 0.135 e. The standard InChI is InChI=1S/C16H21N3O/c1-4-6-14-10-17-12(2)18-16(14)19(3)11-13-7-5-8-15(20)9-13/h5,7-10,20H,4,6,11H2,1-3H3. The summed E-state index contributed by atoms with van der Waals surface area (Å²) < 4.78 is 0. The summed E-state index contributed by atoms with van der Waals surface area (Å²) in [7, 11) is 2.02. The van der Waals surface area contributed by atoms with Crippen LogP contribution in [0.2, 0.25) is 0 Å². The second-order valence-corrected chi connectivity index (χ2v) is 5.04. The van der Waals surface area contributed by atoms with E-state index in [1.165, 1.54) is 5.56 Å². The zero-order chi connectivity index (χ0) is 14.5. The Hall–Kier alpha value is -2.10. The van der Waals surface area contributed by atoms with Crippen molar-refractivity contribution in [2.45, 2.75) is 33.2 Å². The van der Waals surface area contributed by atoms with Gasteiger partial charge in [-0.1, -0.05) is 25.5 Å². The molecule has 0 radical (unpaired) electrons. The first kappa shape index (κ1) is 14.3. The first-order chi connectivity index (χ1) is 9.60. The normalized spacial score (nSPS) is 10.6. The van der Waals surface area contributed by atoms with Crippen molar-refractivity contribution in [1.82, 2.24) is 9.97 Å². The minimum Gasteiger partial charge on any atom is -0.508 e. The van der Waals surface area contributed by atoms with E-state index in [1.54, 1.807) is 12.1 Å². The molecule has 1 N–H and O–H groups in total. The zero-order valence-electron chi connectivity index (χ0n) is 12.3. The van der Waals surface area contributed by atoms with E-state index < -0.39 is 0 Å². The lowest BCUT2D eigenvalue weighted by Gasteiger charge is -2.21. The number of aryl methyl sites for hydroxylation is 2. The number of aromatic nitrogens is 2. The Morgan fingerprint density at radius 1 is 1.30 bits per heavy atom. The fourth-order valence-electron chi connectivity index (χ4n) is 2.26. The highest BCUT2D eigenvalue weighted by Crippen LogP contribution is 2.21. The van der Waals surface area contributed by atoms with Gasteiger partial charge in [0.25, 0.3) is 0 Å². The Morgan fingerprint density at radius 2 is 2.10 bits per heavy atom. The van der Waals surface area contributed by atoms with Gasteiger partial charge in [-0.25, -0.2) is 9.97 Å². The second kappa shape index (κ2) is 6.37. The minimum absolute atomic E-state index is 0.295. The summed E-state index contributed by atoms with van der Waals surface area (Å²) in [5.41, 5.74) is 2.23. The Morgan fingerprint density at radius 3 is 2.80 bits per heavy atom. The van der Waals surface area contributed by atoms with Crippen molar-refractivity contribution in [3.05, 3.63) is 47.4 Å². The van der Waals surface area contributed by atoms with E-state index in [0.29, 0.717) is 12.3 Å². The maximum absolute atomic E-state index is 9.54. The van der Waals surface area contributed by atoms with E-state index in [9.17, 15) is 5.11 Å². The van der Waals surface area contributed by atoms with Gasteiger partial charge < -0.3 is 10.0 Å². The van der Waals surface area contributed by atoms with Crippen LogP contribution < -0.4 is 4.90 Å². The highest BCUT2D eigenvalue weighted by atomic mass is 16.3. The van der Waals surface area contributed by atoms with E-state index in [0.717, 1.165) is 30.0 Å². The van der Waals surface area contributed by atoms with Crippen LogP contribution in [0.1, 0.15) is 30.3 Å². The maximum atomic E-state index is 9.54. The molecule has 0 aliphatic rings. The zero-order valence-corrected chi connectivity index (χ0v) is 12.3. The molecule has 0 saturated carbocycles. The molecule has 0 saturated heterocycles. The predicted octanol–water partition coefficient (Wildman–Crippen LogP) is 3.08. The maximum Gasteiger partial charge on any atom is 0.135 e. The van der Waals surface area contributed by atoms with Crippen LogP contribution in [0.15, 0.2) is 30.5 Å². The van der Waals surface area contributed by atoms with Crippen LogP contribution >= 0.6 is 0 Å². The number of hydrogen-bond acceptors (Lipinski definition) is 4. The Labute approximate surface area is 120 Å². The topological polar surface area (TPSA) is 49.2 Å². The molecule has 4 heteroatoms. The number of aromatic hydroxyl groups is 1. The quantitative estimate of drug-likeness (QED) is 0.908. The first-order valence-corrected chi connectivity index (χ1v) is 6.91. The molecule has 0 bridgehead atoms. The van der Waals surface area contributed by atoms with E-state index in [4.69, 9.17) is 0 Å². The highest BCUT2D eigenvalue weighted by Gasteiger charge is 2.10. The third-order valence-electron chi connectivity index (χ3n) is 3.17. The molecular formula is C16H21N3O. The molecule has 0 fully saturated rings. The highest BCUT2D eigenvalue weighted by molar-refractivity contribution is 5.46. The molecule has 2 rings (SSSR count). The van der Waals surface area contributed by atoms with Crippen LogP contribution in [0, 0.1) is 6.92 Å². The fourth-order valence-corrected chi connectivity index (χ4v) is 2.26. The van der Waals surface area contributed by atoms with Gasteiger partial charge >= 0.3 is 0 Å². The van der Waals surface area contributed by atoms with Crippen molar-refractivity contribution in [3.8, 4) is 5.75 Å². The summed E-state index contributed by atoms with van der Waals surface area (Å²) in [6, 6.07) is 7.32. The summed E-state index contributed by atoms with van der Waals surface area (Å²) in [4.78, 5) is 11.0. The van der Waals surface area contributed by atoms with E-state index >= 15 is 0 Å². The predicted molar refractivity (Wildman–Crippen MR) is 81.0 cm³/mol. The lowest BCUT2D eigenvalue weighted by Crippen LogP contribution is -2.20. The minimum atomic E-state index is 0.295. The SMILES string of the molecule is CCCc1cnc(C)nc1N(C)Cc1cccc(O)c1. The van der Waals surface area contributed by atoms with Crippen molar-refractivity contribution >= 4 is 5.82 Å². The summed E-state index contributed by atoms with van der Waals surface area (Å²) in [6.45, 7) is 4.77. The van der Waals surface area contributed by atoms with Gasteiger partial charge in [-0.05, 0) is 31.0 Å². The molecule has 0 atom stereocenters. The van der Waals surface area contributed by atoms with Crippen LogP contribution in [0.25, 0.3) is 0 Å². The molecule has 1 heterocycles. The van der Waals surface area contributed by atoms with Crippen LogP contribution in [-0.2, 0) is 13.0 Å². The lowest BCUT2D eigenvalue weighted by molar-refractivity contribution is 0.474. The van der Waals surface area contributed by atoms with Crippen molar-refractivity contribution in [3.63, 3.8) is 0 Å². The van der Waals surface area contributed by atoms with Crippen LogP contribution in [0.3, 0.4) is 0 Å². The molecular weight excluding hydrogens is 250 g/mol. The Balaban J connectivity index is 2.23. The lowest BCUT2D eigenvalue weighted by atomic mass is 10.1. The molecule has 106 valence electrons. The van der Waals surface area contributed by atoms with Crippen molar-refractivity contribution in [1.29, 1.82) is 0 Å². The molecule has 4 nitrogen and oxygen atoms in total. The second-order valence-electron chi connectivity index (χ2n) is 5.04. The molecule has 0 aliphatic carbocycles. The molecule has 0 aliphatic heterocycles. The number of nitrogens with zero attached hydrogens (tertiary/aromatic N) is 3.